The van der Waals surface area contributed by atoms with Crippen molar-refractivity contribution in [3.8, 4) is 0 Å². The third-order valence-corrected chi connectivity index (χ3v) is 5.29. The lowest BCUT2D eigenvalue weighted by atomic mass is 10.0. The van der Waals surface area contributed by atoms with Gasteiger partial charge in [0, 0.05) is 29.9 Å². The molecule has 0 aliphatic heterocycles. The second kappa shape index (κ2) is 12.5. The van der Waals surface area contributed by atoms with E-state index in [1.807, 2.05) is 18.2 Å². The molecule has 13 nitrogen and oxygen atoms in total. The molecule has 0 fully saturated rings. The van der Waals surface area contributed by atoms with E-state index < -0.39 is 60.4 Å². The molecule has 0 aliphatic carbocycles. The van der Waals surface area contributed by atoms with Gasteiger partial charge in [0.2, 0.25) is 23.6 Å². The van der Waals surface area contributed by atoms with Crippen molar-refractivity contribution in [2.24, 2.45) is 11.5 Å². The highest BCUT2D eigenvalue weighted by Crippen LogP contribution is 2.19. The fraction of sp³-hybridized carbons (Fsp3) is 0.409. The minimum Gasteiger partial charge on any atom is -0.480 e. The van der Waals surface area contributed by atoms with Gasteiger partial charge >= 0.3 is 5.97 Å². The fourth-order valence-corrected chi connectivity index (χ4v) is 3.45. The number of carboxylic acids is 1. The smallest absolute Gasteiger partial charge is 0.328 e. The van der Waals surface area contributed by atoms with Gasteiger partial charge in [-0.25, -0.2) is 4.79 Å². The first-order valence-electron chi connectivity index (χ1n) is 10.9. The van der Waals surface area contributed by atoms with Gasteiger partial charge < -0.3 is 42.6 Å². The number of nitrogens with one attached hydrogen (secondary N) is 4. The van der Waals surface area contributed by atoms with Crippen LogP contribution >= 0.6 is 0 Å². The Bertz CT molecular complexity index is 1080. The van der Waals surface area contributed by atoms with Crippen LogP contribution in [0.3, 0.4) is 0 Å². The monoisotopic (exact) mass is 490 g/mol. The Labute approximate surface area is 200 Å². The van der Waals surface area contributed by atoms with Crippen LogP contribution in [-0.4, -0.2) is 75.6 Å². The van der Waals surface area contributed by atoms with Crippen molar-refractivity contribution < 1.29 is 34.2 Å². The van der Waals surface area contributed by atoms with Crippen molar-refractivity contribution in [1.82, 2.24) is 20.9 Å². The Balaban J connectivity index is 2.32. The highest BCUT2D eigenvalue weighted by atomic mass is 16.4. The van der Waals surface area contributed by atoms with Gasteiger partial charge in [-0.15, -0.1) is 0 Å². The summed E-state index contributed by atoms with van der Waals surface area (Å²) in [4.78, 5) is 63.5. The summed E-state index contributed by atoms with van der Waals surface area (Å²) < 4.78 is 0. The Morgan fingerprint density at radius 3 is 2.29 bits per heavy atom. The van der Waals surface area contributed by atoms with Gasteiger partial charge in [-0.2, -0.15) is 0 Å². The van der Waals surface area contributed by atoms with E-state index in [2.05, 4.69) is 20.9 Å². The second-order valence-corrected chi connectivity index (χ2v) is 8.02. The molecule has 1 heterocycles. The highest BCUT2D eigenvalue weighted by Gasteiger charge is 2.32. The van der Waals surface area contributed by atoms with E-state index in [1.165, 1.54) is 6.92 Å². The quantitative estimate of drug-likeness (QED) is 0.154. The minimum atomic E-state index is -1.62. The number of aliphatic hydroxyl groups is 1. The summed E-state index contributed by atoms with van der Waals surface area (Å²) in [5, 5.41) is 27.0. The first kappa shape index (κ1) is 27.3. The zero-order chi connectivity index (χ0) is 26.1. The maximum atomic E-state index is 13.0. The maximum Gasteiger partial charge on any atom is 0.328 e. The number of hydrogen-bond acceptors (Lipinski definition) is 7. The number of aliphatic hydroxyl groups excluding tert-OH is 1. The summed E-state index contributed by atoms with van der Waals surface area (Å²) in [7, 11) is 0. The molecular formula is C22H30N6O7. The molecule has 0 aliphatic rings. The number of amides is 4. The number of aromatic nitrogens is 1. The molecule has 2 aromatic rings. The number of hydrogen-bond donors (Lipinski definition) is 8. The molecule has 0 saturated carbocycles. The number of nitrogens with two attached hydrogens (primary N) is 2. The van der Waals surface area contributed by atoms with Crippen LogP contribution in [0.2, 0.25) is 0 Å². The normalized spacial score (nSPS) is 14.4. The van der Waals surface area contributed by atoms with Crippen LogP contribution in [0.25, 0.3) is 10.9 Å². The minimum absolute atomic E-state index is 0.0406. The Morgan fingerprint density at radius 2 is 1.69 bits per heavy atom. The topological polar surface area (TPSA) is 230 Å². The molecule has 1 aromatic heterocycles. The fourth-order valence-electron chi connectivity index (χ4n) is 3.45. The SMILES string of the molecule is CC(O)C(NC(=O)C(Cc1c[nH]c2ccccc12)NC(=O)C(CCC(N)=O)NC(=O)CN)C(=O)O. The van der Waals surface area contributed by atoms with E-state index in [-0.39, 0.29) is 19.3 Å². The molecule has 4 unspecified atom stereocenters. The molecule has 0 bridgehead atoms. The molecule has 4 atom stereocenters. The van der Waals surface area contributed by atoms with Crippen LogP contribution in [0.4, 0.5) is 0 Å². The summed E-state index contributed by atoms with van der Waals surface area (Å²) >= 11 is 0. The highest BCUT2D eigenvalue weighted by molar-refractivity contribution is 5.94. The average Bonchev–Trinajstić information content (AvgIpc) is 3.21. The molecule has 0 saturated heterocycles. The van der Waals surface area contributed by atoms with Gasteiger partial charge in [0.1, 0.15) is 12.1 Å². The molecule has 0 spiro atoms. The van der Waals surface area contributed by atoms with Crippen molar-refractivity contribution in [2.75, 3.05) is 6.54 Å². The number of aromatic amines is 1. The number of rotatable bonds is 13. The molecular weight excluding hydrogens is 460 g/mol. The van der Waals surface area contributed by atoms with E-state index >= 15 is 0 Å². The van der Waals surface area contributed by atoms with Crippen LogP contribution in [0.5, 0.6) is 0 Å². The molecule has 0 radical (unpaired) electrons. The van der Waals surface area contributed by atoms with Gasteiger partial charge in [-0.1, -0.05) is 18.2 Å². The van der Waals surface area contributed by atoms with Gasteiger partial charge in [0.15, 0.2) is 6.04 Å². The van der Waals surface area contributed by atoms with Crippen molar-refractivity contribution in [2.45, 2.75) is 50.4 Å². The van der Waals surface area contributed by atoms with Gasteiger partial charge in [0.05, 0.1) is 12.6 Å². The second-order valence-electron chi connectivity index (χ2n) is 8.02. The van der Waals surface area contributed by atoms with Gasteiger partial charge in [-0.3, -0.25) is 19.2 Å². The molecule has 35 heavy (non-hydrogen) atoms. The van der Waals surface area contributed by atoms with E-state index in [4.69, 9.17) is 11.5 Å². The number of carbonyl (C=O) groups excluding carboxylic acids is 4. The molecule has 13 heteroatoms. The van der Waals surface area contributed by atoms with Crippen molar-refractivity contribution in [3.05, 3.63) is 36.0 Å². The first-order chi connectivity index (χ1) is 16.5. The van der Waals surface area contributed by atoms with Crippen molar-refractivity contribution in [3.63, 3.8) is 0 Å². The standard InChI is InChI=1S/C22H30N6O7/c1-11(29)19(22(34)35)28-21(33)16(8-12-10-25-14-5-3-2-4-13(12)14)27-20(32)15(6-7-17(24)30)26-18(31)9-23/h2-5,10-11,15-16,19,25,29H,6-9,23H2,1H3,(H2,24,30)(H,26,31)(H,27,32)(H,28,33)(H,34,35). The number of carbonyl (C=O) groups is 5. The van der Waals surface area contributed by atoms with E-state index in [0.29, 0.717) is 5.56 Å². The molecule has 4 amide bonds. The molecule has 190 valence electrons. The van der Waals surface area contributed by atoms with Crippen LogP contribution < -0.4 is 27.4 Å². The van der Waals surface area contributed by atoms with Gasteiger partial charge in [0.25, 0.3) is 0 Å². The third-order valence-electron chi connectivity index (χ3n) is 5.29. The number of para-hydroxylation sites is 1. The molecule has 2 rings (SSSR count). The summed E-state index contributed by atoms with van der Waals surface area (Å²) in [6.07, 6.45) is -0.152. The number of fused-ring (bicyclic) bond motifs is 1. The lowest BCUT2D eigenvalue weighted by Gasteiger charge is -2.25. The predicted octanol–water partition coefficient (Wildman–Crippen LogP) is -2.15. The maximum absolute atomic E-state index is 13.0. The van der Waals surface area contributed by atoms with Crippen LogP contribution in [0.1, 0.15) is 25.3 Å². The predicted molar refractivity (Wildman–Crippen MR) is 125 cm³/mol. The summed E-state index contributed by atoms with van der Waals surface area (Å²) in [6, 6.07) is 3.12. The number of H-pyrrole nitrogens is 1. The van der Waals surface area contributed by atoms with Crippen LogP contribution in [0.15, 0.2) is 30.5 Å². The Kier molecular flexibility index (Phi) is 9.73. The molecule has 10 N–H and O–H groups in total. The number of primary amides is 1. The molecule has 1 aromatic carbocycles. The third kappa shape index (κ3) is 7.79. The zero-order valence-corrected chi connectivity index (χ0v) is 19.1. The summed E-state index contributed by atoms with van der Waals surface area (Å²) in [5.74, 6) is -4.47. The van der Waals surface area contributed by atoms with Gasteiger partial charge in [-0.05, 0) is 25.0 Å². The average molecular weight is 491 g/mol. The van der Waals surface area contributed by atoms with E-state index in [0.717, 1.165) is 10.9 Å². The van der Waals surface area contributed by atoms with Crippen LogP contribution in [0, 0.1) is 0 Å². The largest absolute Gasteiger partial charge is 0.480 e. The Morgan fingerprint density at radius 1 is 1.03 bits per heavy atom. The van der Waals surface area contributed by atoms with E-state index in [1.54, 1.807) is 12.3 Å². The van der Waals surface area contributed by atoms with E-state index in [9.17, 15) is 34.2 Å². The summed E-state index contributed by atoms with van der Waals surface area (Å²) in [6.45, 7) is 0.794. The lowest BCUT2D eigenvalue weighted by molar-refractivity contribution is -0.145. The zero-order valence-electron chi connectivity index (χ0n) is 19.1. The van der Waals surface area contributed by atoms with Crippen LogP contribution in [-0.2, 0) is 30.4 Å². The van der Waals surface area contributed by atoms with Crippen molar-refractivity contribution >= 4 is 40.5 Å². The Hall–Kier alpha value is -3.97. The van der Waals surface area contributed by atoms with Crippen molar-refractivity contribution in [1.29, 1.82) is 0 Å². The summed E-state index contributed by atoms with van der Waals surface area (Å²) in [5.41, 5.74) is 11.9. The lowest BCUT2D eigenvalue weighted by Crippen LogP contribution is -2.58. The number of benzene rings is 1. The number of carboxylic acid groups (broad SMARTS) is 1. The first-order valence-corrected chi connectivity index (χ1v) is 10.9. The number of aliphatic carboxylic acids is 1.